The molecule has 0 aromatic carbocycles. The first-order valence-electron chi connectivity index (χ1n) is 3.53. The Balaban J connectivity index is 2.79. The van der Waals surface area contributed by atoms with E-state index in [4.69, 9.17) is 9.47 Å². The van der Waals surface area contributed by atoms with Gasteiger partial charge in [0.1, 0.15) is 0 Å². The quantitative estimate of drug-likeness (QED) is 0.574. The van der Waals surface area contributed by atoms with Crippen molar-refractivity contribution in [1.82, 2.24) is 0 Å². The molecule has 0 saturated carbocycles. The van der Waals surface area contributed by atoms with Crippen LogP contribution in [0.25, 0.3) is 0 Å². The molecule has 1 fully saturated rings. The van der Waals surface area contributed by atoms with Crippen molar-refractivity contribution in [3.8, 4) is 0 Å². The second-order valence-corrected chi connectivity index (χ2v) is 2.41. The van der Waals surface area contributed by atoms with Gasteiger partial charge in [-0.2, -0.15) is 0 Å². The molecular formula is C9H12O2. The summed E-state index contributed by atoms with van der Waals surface area (Å²) < 4.78 is 10.3. The normalized spacial score (nSPS) is 23.5. The van der Waals surface area contributed by atoms with Crippen LogP contribution in [0.4, 0.5) is 0 Å². The lowest BCUT2D eigenvalue weighted by Gasteiger charge is -1.94. The predicted octanol–water partition coefficient (Wildman–Crippen LogP) is 2.35. The Hall–Kier alpha value is -1.18. The first kappa shape index (κ1) is 7.92. The number of allylic oxidation sites excluding steroid dienone is 3. The van der Waals surface area contributed by atoms with Gasteiger partial charge in [0.05, 0.1) is 0 Å². The van der Waals surface area contributed by atoms with Gasteiger partial charge in [0, 0.05) is 0 Å². The molecule has 0 aliphatic carbocycles. The van der Waals surface area contributed by atoms with Crippen LogP contribution in [0.15, 0.2) is 35.8 Å². The molecule has 0 spiro atoms. The molecule has 0 atom stereocenters. The second kappa shape index (κ2) is 3.28. The van der Waals surface area contributed by atoms with Crippen LogP contribution in [-0.4, -0.2) is 6.79 Å². The molecule has 0 unspecified atom stereocenters. The second-order valence-electron chi connectivity index (χ2n) is 2.41. The Bertz CT molecular complexity index is 224. The molecule has 11 heavy (non-hydrogen) atoms. The van der Waals surface area contributed by atoms with Crippen LogP contribution in [-0.2, 0) is 9.47 Å². The van der Waals surface area contributed by atoms with E-state index in [2.05, 4.69) is 6.58 Å². The Morgan fingerprint density at radius 3 is 2.64 bits per heavy atom. The van der Waals surface area contributed by atoms with Crippen molar-refractivity contribution in [2.75, 3.05) is 6.79 Å². The average molecular weight is 152 g/mol. The Morgan fingerprint density at radius 1 is 1.45 bits per heavy atom. The fraction of sp³-hybridized carbons (Fsp3) is 0.333. The maximum absolute atomic E-state index is 5.18. The highest BCUT2D eigenvalue weighted by atomic mass is 16.7. The van der Waals surface area contributed by atoms with Gasteiger partial charge in [-0.1, -0.05) is 12.2 Å². The maximum Gasteiger partial charge on any atom is 0.231 e. The molecule has 60 valence electrons. The lowest BCUT2D eigenvalue weighted by molar-refractivity contribution is 0.0975. The van der Waals surface area contributed by atoms with Crippen molar-refractivity contribution < 1.29 is 9.47 Å². The molecule has 1 saturated heterocycles. The molecule has 1 aliphatic heterocycles. The van der Waals surface area contributed by atoms with E-state index in [1.165, 1.54) is 0 Å². The van der Waals surface area contributed by atoms with Crippen LogP contribution in [0.5, 0.6) is 0 Å². The fourth-order valence-corrected chi connectivity index (χ4v) is 0.861. The highest BCUT2D eigenvalue weighted by Crippen LogP contribution is 2.21. The molecular weight excluding hydrogens is 140 g/mol. The topological polar surface area (TPSA) is 18.5 Å². The highest BCUT2D eigenvalue weighted by Gasteiger charge is 2.14. The first-order chi connectivity index (χ1) is 5.24. The third-order valence-corrected chi connectivity index (χ3v) is 1.31. The summed E-state index contributed by atoms with van der Waals surface area (Å²) in [6.07, 6.45) is 3.74. The summed E-state index contributed by atoms with van der Waals surface area (Å²) in [5.41, 5.74) is 0.963. The summed E-state index contributed by atoms with van der Waals surface area (Å²) in [7, 11) is 0. The molecule has 0 aromatic rings. The van der Waals surface area contributed by atoms with E-state index in [9.17, 15) is 0 Å². The van der Waals surface area contributed by atoms with Gasteiger partial charge in [-0.05, 0) is 26.0 Å². The maximum atomic E-state index is 5.18. The number of rotatable bonds is 1. The van der Waals surface area contributed by atoms with Crippen LogP contribution in [0.2, 0.25) is 0 Å². The molecule has 0 aromatic heterocycles. The van der Waals surface area contributed by atoms with E-state index >= 15 is 0 Å². The van der Waals surface area contributed by atoms with Crippen molar-refractivity contribution in [2.24, 2.45) is 0 Å². The van der Waals surface area contributed by atoms with Gasteiger partial charge in [0.25, 0.3) is 0 Å². The molecule has 0 amide bonds. The highest BCUT2D eigenvalue weighted by molar-refractivity contribution is 5.28. The van der Waals surface area contributed by atoms with Gasteiger partial charge in [0.2, 0.25) is 6.79 Å². The predicted molar refractivity (Wildman–Crippen MR) is 43.7 cm³/mol. The Labute approximate surface area is 66.8 Å². The van der Waals surface area contributed by atoms with Crippen molar-refractivity contribution in [3.05, 3.63) is 35.8 Å². The summed E-state index contributed by atoms with van der Waals surface area (Å²) in [5.74, 6) is 1.58. The van der Waals surface area contributed by atoms with Gasteiger partial charge < -0.3 is 9.47 Å². The number of hydrogen-bond acceptors (Lipinski definition) is 2. The number of hydrogen-bond donors (Lipinski definition) is 0. The average Bonchev–Trinajstić information content (AvgIpc) is 2.34. The summed E-state index contributed by atoms with van der Waals surface area (Å²) in [4.78, 5) is 0. The van der Waals surface area contributed by atoms with Crippen molar-refractivity contribution in [3.63, 3.8) is 0 Å². The minimum absolute atomic E-state index is 0.318. The fourth-order valence-electron chi connectivity index (χ4n) is 0.861. The zero-order valence-electron chi connectivity index (χ0n) is 6.89. The molecule has 1 rings (SSSR count). The molecule has 0 radical (unpaired) electrons. The largest absolute Gasteiger partial charge is 0.454 e. The molecule has 2 heteroatoms. The Morgan fingerprint density at radius 2 is 2.09 bits per heavy atom. The van der Waals surface area contributed by atoms with E-state index in [0.29, 0.717) is 6.79 Å². The van der Waals surface area contributed by atoms with Crippen molar-refractivity contribution >= 4 is 0 Å². The lowest BCUT2D eigenvalue weighted by Crippen LogP contribution is -1.81. The smallest absolute Gasteiger partial charge is 0.231 e. The molecule has 1 aliphatic rings. The minimum atomic E-state index is 0.318. The molecule has 1 heterocycles. The zero-order chi connectivity index (χ0) is 8.27. The Kier molecular flexibility index (Phi) is 2.36. The van der Waals surface area contributed by atoms with Crippen LogP contribution in [0, 0.1) is 0 Å². The van der Waals surface area contributed by atoms with Crippen LogP contribution < -0.4 is 0 Å². The first-order valence-corrected chi connectivity index (χ1v) is 3.53. The van der Waals surface area contributed by atoms with Gasteiger partial charge in [-0.3, -0.25) is 0 Å². The van der Waals surface area contributed by atoms with E-state index in [1.807, 2.05) is 26.0 Å². The number of ether oxygens (including phenoxy) is 2. The zero-order valence-corrected chi connectivity index (χ0v) is 6.89. The van der Waals surface area contributed by atoms with Crippen molar-refractivity contribution in [2.45, 2.75) is 13.8 Å². The van der Waals surface area contributed by atoms with Crippen LogP contribution >= 0.6 is 0 Å². The van der Waals surface area contributed by atoms with Crippen LogP contribution in [0.3, 0.4) is 0 Å². The molecule has 2 nitrogen and oxygen atoms in total. The van der Waals surface area contributed by atoms with E-state index in [1.54, 1.807) is 0 Å². The lowest BCUT2D eigenvalue weighted by atomic mass is 10.2. The minimum Gasteiger partial charge on any atom is -0.454 e. The van der Waals surface area contributed by atoms with E-state index in [-0.39, 0.29) is 0 Å². The van der Waals surface area contributed by atoms with E-state index in [0.717, 1.165) is 17.1 Å². The van der Waals surface area contributed by atoms with Gasteiger partial charge in [-0.15, -0.1) is 0 Å². The monoisotopic (exact) mass is 152 g/mol. The summed E-state index contributed by atoms with van der Waals surface area (Å²) in [6.45, 7) is 7.90. The SMILES string of the molecule is C=C(C)C=C1OCOC1=CC. The van der Waals surface area contributed by atoms with Gasteiger partial charge in [-0.25, -0.2) is 0 Å². The molecule has 0 bridgehead atoms. The summed E-state index contributed by atoms with van der Waals surface area (Å²) in [5, 5.41) is 0. The third-order valence-electron chi connectivity index (χ3n) is 1.31. The van der Waals surface area contributed by atoms with Gasteiger partial charge in [0.15, 0.2) is 11.5 Å². The van der Waals surface area contributed by atoms with Crippen LogP contribution in [0.1, 0.15) is 13.8 Å². The van der Waals surface area contributed by atoms with Gasteiger partial charge >= 0.3 is 0 Å². The standard InChI is InChI=1S/C9H12O2/c1-4-8-9(5-7(2)3)11-6-10-8/h4-5H,2,6H2,1,3H3. The summed E-state index contributed by atoms with van der Waals surface area (Å²) >= 11 is 0. The van der Waals surface area contributed by atoms with E-state index < -0.39 is 0 Å². The van der Waals surface area contributed by atoms with Crippen molar-refractivity contribution in [1.29, 1.82) is 0 Å². The summed E-state index contributed by atoms with van der Waals surface area (Å²) in [6, 6.07) is 0. The molecule has 0 N–H and O–H groups in total. The third kappa shape index (κ3) is 1.87.